The first-order valence-corrected chi connectivity index (χ1v) is 10.0. The van der Waals surface area contributed by atoms with E-state index in [1.54, 1.807) is 0 Å². The van der Waals surface area contributed by atoms with Gasteiger partial charge in [-0.2, -0.15) is 11.8 Å². The standard InChI is InChI=1S/C21H25NO2S/c23-21(22-24)19-8-4-5-9-20(19)25-15-14-16-10-12-18(13-11-16)17-6-2-1-3-7-17/h1-3,6-7,10-13,19-20,24H,4-5,8-9,14-15H2,(H,22,23). The molecule has 0 radical (unpaired) electrons. The molecule has 132 valence electrons. The van der Waals surface area contributed by atoms with Crippen LogP contribution in [0, 0.1) is 5.92 Å². The summed E-state index contributed by atoms with van der Waals surface area (Å²) >= 11 is 1.87. The molecule has 25 heavy (non-hydrogen) atoms. The van der Waals surface area contributed by atoms with E-state index in [1.165, 1.54) is 23.1 Å². The van der Waals surface area contributed by atoms with Crippen LogP contribution in [0.1, 0.15) is 31.2 Å². The number of benzene rings is 2. The molecular weight excluding hydrogens is 330 g/mol. The lowest BCUT2D eigenvalue weighted by atomic mass is 9.88. The minimum atomic E-state index is -0.218. The first-order chi connectivity index (χ1) is 12.3. The number of hydroxylamine groups is 1. The van der Waals surface area contributed by atoms with Crippen molar-refractivity contribution in [2.75, 3.05) is 5.75 Å². The van der Waals surface area contributed by atoms with Crippen LogP contribution in [0.5, 0.6) is 0 Å². The smallest absolute Gasteiger partial charge is 0.247 e. The molecule has 2 atom stereocenters. The van der Waals surface area contributed by atoms with Crippen molar-refractivity contribution < 1.29 is 10.0 Å². The van der Waals surface area contributed by atoms with Gasteiger partial charge in [0.1, 0.15) is 0 Å². The third-order valence-corrected chi connectivity index (χ3v) is 6.37. The van der Waals surface area contributed by atoms with Gasteiger partial charge in [-0.3, -0.25) is 10.0 Å². The summed E-state index contributed by atoms with van der Waals surface area (Å²) in [6.07, 6.45) is 5.21. The van der Waals surface area contributed by atoms with E-state index >= 15 is 0 Å². The molecule has 2 unspecified atom stereocenters. The highest BCUT2D eigenvalue weighted by molar-refractivity contribution is 7.99. The highest BCUT2D eigenvalue weighted by atomic mass is 32.2. The van der Waals surface area contributed by atoms with Crippen LogP contribution in [0.15, 0.2) is 54.6 Å². The van der Waals surface area contributed by atoms with E-state index in [4.69, 9.17) is 5.21 Å². The van der Waals surface area contributed by atoms with Crippen molar-refractivity contribution in [1.82, 2.24) is 5.48 Å². The Morgan fingerprint density at radius 2 is 1.68 bits per heavy atom. The molecule has 1 saturated carbocycles. The number of amides is 1. The summed E-state index contributed by atoms with van der Waals surface area (Å²) in [7, 11) is 0. The Bertz CT molecular complexity index is 672. The number of hydrogen-bond donors (Lipinski definition) is 2. The Balaban J connectivity index is 1.52. The fourth-order valence-corrected chi connectivity index (χ4v) is 4.98. The molecule has 0 bridgehead atoms. The van der Waals surface area contributed by atoms with Gasteiger partial charge in [0.15, 0.2) is 0 Å². The molecule has 0 aromatic heterocycles. The van der Waals surface area contributed by atoms with Crippen LogP contribution in [-0.2, 0) is 11.2 Å². The molecule has 0 saturated heterocycles. The van der Waals surface area contributed by atoms with Crippen LogP contribution in [-0.4, -0.2) is 22.1 Å². The van der Waals surface area contributed by atoms with Gasteiger partial charge in [0.2, 0.25) is 5.91 Å². The highest BCUT2D eigenvalue weighted by Gasteiger charge is 2.30. The molecule has 0 aliphatic heterocycles. The second-order valence-electron chi connectivity index (χ2n) is 6.59. The Kier molecular flexibility index (Phi) is 6.54. The number of thioether (sulfide) groups is 1. The molecule has 2 aromatic rings. The third-order valence-electron chi connectivity index (χ3n) is 4.93. The van der Waals surface area contributed by atoms with E-state index in [2.05, 4.69) is 48.5 Å². The van der Waals surface area contributed by atoms with E-state index in [0.29, 0.717) is 5.25 Å². The number of hydrogen-bond acceptors (Lipinski definition) is 3. The predicted molar refractivity (Wildman–Crippen MR) is 104 cm³/mol. The molecule has 2 N–H and O–H groups in total. The van der Waals surface area contributed by atoms with E-state index < -0.39 is 0 Å². The Labute approximate surface area is 153 Å². The van der Waals surface area contributed by atoms with Crippen LogP contribution >= 0.6 is 11.8 Å². The average Bonchev–Trinajstić information content (AvgIpc) is 2.69. The second kappa shape index (κ2) is 9.07. The summed E-state index contributed by atoms with van der Waals surface area (Å²) in [6, 6.07) is 19.1. The first kappa shape index (κ1) is 18.0. The second-order valence-corrected chi connectivity index (χ2v) is 7.94. The van der Waals surface area contributed by atoms with Gasteiger partial charge in [-0.05, 0) is 41.7 Å². The van der Waals surface area contributed by atoms with Gasteiger partial charge >= 0.3 is 0 Å². The number of rotatable bonds is 6. The van der Waals surface area contributed by atoms with Crippen LogP contribution in [0.2, 0.25) is 0 Å². The largest absolute Gasteiger partial charge is 0.289 e. The van der Waals surface area contributed by atoms with Crippen LogP contribution in [0.4, 0.5) is 0 Å². The molecule has 2 aromatic carbocycles. The number of aryl methyl sites for hydroxylation is 1. The maximum atomic E-state index is 11.8. The summed E-state index contributed by atoms with van der Waals surface area (Å²) in [6.45, 7) is 0. The van der Waals surface area contributed by atoms with E-state index in [1.807, 2.05) is 23.3 Å². The van der Waals surface area contributed by atoms with Crippen molar-refractivity contribution in [1.29, 1.82) is 0 Å². The molecule has 3 nitrogen and oxygen atoms in total. The molecule has 1 fully saturated rings. The zero-order valence-electron chi connectivity index (χ0n) is 14.4. The maximum Gasteiger partial charge on any atom is 0.247 e. The fraction of sp³-hybridized carbons (Fsp3) is 0.381. The summed E-state index contributed by atoms with van der Waals surface area (Å²) in [5.74, 6) is 0.735. The molecule has 4 heteroatoms. The van der Waals surface area contributed by atoms with Crippen molar-refractivity contribution in [3.63, 3.8) is 0 Å². The van der Waals surface area contributed by atoms with Crippen molar-refractivity contribution >= 4 is 17.7 Å². The highest BCUT2D eigenvalue weighted by Crippen LogP contribution is 2.34. The molecular formula is C21H25NO2S. The quantitative estimate of drug-likeness (QED) is 0.583. The zero-order chi connectivity index (χ0) is 17.5. The normalized spacial score (nSPS) is 20.2. The fourth-order valence-electron chi connectivity index (χ4n) is 3.50. The molecule has 3 rings (SSSR count). The van der Waals surface area contributed by atoms with Gasteiger partial charge < -0.3 is 0 Å². The summed E-state index contributed by atoms with van der Waals surface area (Å²) in [5.41, 5.74) is 5.65. The molecule has 1 amide bonds. The van der Waals surface area contributed by atoms with E-state index in [9.17, 15) is 4.79 Å². The van der Waals surface area contributed by atoms with Crippen molar-refractivity contribution in [2.45, 2.75) is 37.4 Å². The van der Waals surface area contributed by atoms with Gasteiger partial charge in [-0.15, -0.1) is 0 Å². The molecule has 0 spiro atoms. The van der Waals surface area contributed by atoms with Crippen molar-refractivity contribution in [2.24, 2.45) is 5.92 Å². The maximum absolute atomic E-state index is 11.8. The number of carbonyl (C=O) groups excluding carboxylic acids is 1. The Morgan fingerprint density at radius 3 is 2.40 bits per heavy atom. The number of carbonyl (C=O) groups is 1. The lowest BCUT2D eigenvalue weighted by Crippen LogP contribution is -2.36. The number of nitrogens with one attached hydrogen (secondary N) is 1. The zero-order valence-corrected chi connectivity index (χ0v) is 15.2. The van der Waals surface area contributed by atoms with Crippen molar-refractivity contribution in [3.05, 3.63) is 60.2 Å². The van der Waals surface area contributed by atoms with Crippen LogP contribution in [0.3, 0.4) is 0 Å². The summed E-state index contributed by atoms with van der Waals surface area (Å²) in [5, 5.41) is 9.24. The molecule has 1 aliphatic rings. The van der Waals surface area contributed by atoms with E-state index in [0.717, 1.165) is 31.4 Å². The monoisotopic (exact) mass is 355 g/mol. The van der Waals surface area contributed by atoms with Crippen LogP contribution < -0.4 is 5.48 Å². The van der Waals surface area contributed by atoms with Gasteiger partial charge in [0.25, 0.3) is 0 Å². The summed E-state index contributed by atoms with van der Waals surface area (Å²) in [4.78, 5) is 11.8. The van der Waals surface area contributed by atoms with Gasteiger partial charge in [0.05, 0.1) is 5.92 Å². The molecule has 0 heterocycles. The lowest BCUT2D eigenvalue weighted by molar-refractivity contribution is -0.134. The predicted octanol–water partition coefficient (Wildman–Crippen LogP) is 4.69. The first-order valence-electron chi connectivity index (χ1n) is 8.98. The molecule has 1 aliphatic carbocycles. The summed E-state index contributed by atoms with van der Waals surface area (Å²) < 4.78 is 0. The lowest BCUT2D eigenvalue weighted by Gasteiger charge is -2.29. The van der Waals surface area contributed by atoms with Crippen molar-refractivity contribution in [3.8, 4) is 11.1 Å². The Hall–Kier alpha value is -1.78. The topological polar surface area (TPSA) is 49.3 Å². The Morgan fingerprint density at radius 1 is 1.00 bits per heavy atom. The third kappa shape index (κ3) is 4.86. The van der Waals surface area contributed by atoms with Gasteiger partial charge in [0, 0.05) is 5.25 Å². The van der Waals surface area contributed by atoms with Crippen LogP contribution in [0.25, 0.3) is 11.1 Å². The average molecular weight is 356 g/mol. The van der Waals surface area contributed by atoms with Gasteiger partial charge in [-0.1, -0.05) is 67.4 Å². The van der Waals surface area contributed by atoms with Gasteiger partial charge in [-0.25, -0.2) is 5.48 Å². The van der Waals surface area contributed by atoms with E-state index in [-0.39, 0.29) is 11.8 Å². The minimum absolute atomic E-state index is 0.0517. The SMILES string of the molecule is O=C(NO)C1CCCCC1SCCc1ccc(-c2ccccc2)cc1. The minimum Gasteiger partial charge on any atom is -0.289 e.